The van der Waals surface area contributed by atoms with Gasteiger partial charge in [-0.15, -0.1) is 11.3 Å². The summed E-state index contributed by atoms with van der Waals surface area (Å²) in [4.78, 5) is 24.8. The predicted octanol–water partition coefficient (Wildman–Crippen LogP) is 5.16. The van der Waals surface area contributed by atoms with Gasteiger partial charge in [0.05, 0.1) is 18.2 Å². The lowest BCUT2D eigenvalue weighted by atomic mass is 10.2. The van der Waals surface area contributed by atoms with Gasteiger partial charge in [0.2, 0.25) is 0 Å². The van der Waals surface area contributed by atoms with Crippen molar-refractivity contribution < 1.29 is 23.8 Å². The molecule has 9 heteroatoms. The number of fused-ring (bicyclic) bond motifs is 2. The highest BCUT2D eigenvalue weighted by molar-refractivity contribution is 7.21. The molecule has 4 rings (SSSR count). The fraction of sp³-hybridized carbons (Fsp3) is 0.200. The summed E-state index contributed by atoms with van der Waals surface area (Å²) in [7, 11) is 0. The molecule has 0 aliphatic carbocycles. The maximum atomic E-state index is 12.4. The second kappa shape index (κ2) is 8.49. The summed E-state index contributed by atoms with van der Waals surface area (Å²) in [6.45, 7) is 0.683. The molecule has 1 N–H and O–H groups in total. The first-order chi connectivity index (χ1) is 14.0. The van der Waals surface area contributed by atoms with E-state index in [4.69, 9.17) is 37.4 Å². The Morgan fingerprint density at radius 1 is 1.07 bits per heavy atom. The monoisotopic (exact) mass is 451 g/mol. The average molecular weight is 452 g/mol. The zero-order valence-electron chi connectivity index (χ0n) is 15.0. The van der Waals surface area contributed by atoms with Crippen molar-refractivity contribution in [2.45, 2.75) is 6.42 Å². The highest BCUT2D eigenvalue weighted by Gasteiger charge is 2.20. The lowest BCUT2D eigenvalue weighted by Crippen LogP contribution is -2.20. The van der Waals surface area contributed by atoms with Crippen molar-refractivity contribution in [1.82, 2.24) is 0 Å². The first-order valence-electron chi connectivity index (χ1n) is 8.75. The van der Waals surface area contributed by atoms with Crippen LogP contribution in [-0.4, -0.2) is 31.7 Å². The third-order valence-electron chi connectivity index (χ3n) is 4.14. The third-order valence-corrected chi connectivity index (χ3v) is 6.01. The van der Waals surface area contributed by atoms with Crippen molar-refractivity contribution in [3.05, 3.63) is 51.3 Å². The van der Waals surface area contributed by atoms with Gasteiger partial charge in [-0.3, -0.25) is 4.79 Å². The molecule has 0 unspecified atom stereocenters. The molecular weight excluding hydrogens is 437 g/mol. The number of carbonyl (C=O) groups excluding carboxylic acids is 2. The van der Waals surface area contributed by atoms with E-state index in [1.165, 1.54) is 11.3 Å². The van der Waals surface area contributed by atoms with E-state index in [0.717, 1.165) is 11.1 Å². The Kier molecular flexibility index (Phi) is 5.80. The summed E-state index contributed by atoms with van der Waals surface area (Å²) >= 11 is 13.4. The van der Waals surface area contributed by atoms with Crippen LogP contribution in [0, 0.1) is 0 Å². The fourth-order valence-electron chi connectivity index (χ4n) is 2.81. The van der Waals surface area contributed by atoms with E-state index >= 15 is 0 Å². The fourth-order valence-corrected chi connectivity index (χ4v) is 4.48. The third kappa shape index (κ3) is 4.42. The number of rotatable bonds is 4. The molecule has 1 amide bonds. The molecule has 0 saturated heterocycles. The minimum absolute atomic E-state index is 0.229. The quantitative estimate of drug-likeness (QED) is 0.554. The Morgan fingerprint density at radius 3 is 2.69 bits per heavy atom. The smallest absolute Gasteiger partial charge is 0.350 e. The normalized spacial score (nSPS) is 13.0. The molecule has 0 saturated carbocycles. The van der Waals surface area contributed by atoms with Crippen molar-refractivity contribution in [2.75, 3.05) is 25.1 Å². The van der Waals surface area contributed by atoms with Crippen LogP contribution in [0.5, 0.6) is 11.5 Å². The summed E-state index contributed by atoms with van der Waals surface area (Å²) in [5, 5.41) is 4.22. The van der Waals surface area contributed by atoms with Gasteiger partial charge in [-0.1, -0.05) is 29.3 Å². The van der Waals surface area contributed by atoms with E-state index in [-0.39, 0.29) is 9.90 Å². The molecule has 1 aromatic heterocycles. The highest BCUT2D eigenvalue weighted by atomic mass is 35.5. The molecule has 0 bridgehead atoms. The number of carbonyl (C=O) groups is 2. The average Bonchev–Trinajstić information content (AvgIpc) is 2.87. The van der Waals surface area contributed by atoms with Crippen LogP contribution in [0.25, 0.3) is 10.1 Å². The Labute approximate surface area is 180 Å². The van der Waals surface area contributed by atoms with Crippen molar-refractivity contribution in [3.63, 3.8) is 0 Å². The van der Waals surface area contributed by atoms with Crippen molar-refractivity contribution in [1.29, 1.82) is 0 Å². The van der Waals surface area contributed by atoms with E-state index in [1.54, 1.807) is 36.4 Å². The summed E-state index contributed by atoms with van der Waals surface area (Å²) in [6.07, 6.45) is 0.790. The van der Waals surface area contributed by atoms with Crippen LogP contribution in [0.15, 0.2) is 36.4 Å². The Hall–Kier alpha value is -2.48. The first kappa shape index (κ1) is 19.8. The molecular formula is C20H15Cl2NO5S. The molecule has 2 heterocycles. The molecule has 0 atom stereocenters. The molecule has 0 radical (unpaired) electrons. The van der Waals surface area contributed by atoms with E-state index < -0.39 is 18.5 Å². The van der Waals surface area contributed by atoms with Gasteiger partial charge in [0, 0.05) is 33.3 Å². The minimum atomic E-state index is -0.666. The van der Waals surface area contributed by atoms with Crippen molar-refractivity contribution in [3.8, 4) is 11.5 Å². The predicted molar refractivity (Wildman–Crippen MR) is 113 cm³/mol. The Bertz CT molecular complexity index is 1100. The SMILES string of the molecule is O=C(COC(=O)c1sc2cc(Cl)ccc2c1Cl)Nc1ccc2c(c1)OCCCO2. The van der Waals surface area contributed by atoms with E-state index in [0.29, 0.717) is 40.8 Å². The summed E-state index contributed by atoms with van der Waals surface area (Å²) in [5.41, 5.74) is 0.518. The second-order valence-electron chi connectivity index (χ2n) is 6.22. The maximum Gasteiger partial charge on any atom is 0.350 e. The van der Waals surface area contributed by atoms with E-state index in [1.807, 2.05) is 0 Å². The molecule has 0 fully saturated rings. The van der Waals surface area contributed by atoms with E-state index in [2.05, 4.69) is 5.32 Å². The van der Waals surface area contributed by atoms with Gasteiger partial charge in [-0.05, 0) is 24.3 Å². The number of hydrogen-bond acceptors (Lipinski definition) is 6. The van der Waals surface area contributed by atoms with Crippen LogP contribution >= 0.6 is 34.5 Å². The lowest BCUT2D eigenvalue weighted by molar-refractivity contribution is -0.119. The molecule has 3 aromatic rings. The number of esters is 1. The van der Waals surface area contributed by atoms with Gasteiger partial charge < -0.3 is 19.5 Å². The second-order valence-corrected chi connectivity index (χ2v) is 8.09. The number of amides is 1. The molecule has 150 valence electrons. The van der Waals surface area contributed by atoms with Crippen molar-refractivity contribution in [2.24, 2.45) is 0 Å². The highest BCUT2D eigenvalue weighted by Crippen LogP contribution is 2.37. The van der Waals surface area contributed by atoms with Crippen LogP contribution in [0.2, 0.25) is 10.0 Å². The Balaban J connectivity index is 1.39. The van der Waals surface area contributed by atoms with Crippen LogP contribution in [0.4, 0.5) is 5.69 Å². The van der Waals surface area contributed by atoms with Crippen LogP contribution in [-0.2, 0) is 9.53 Å². The molecule has 1 aliphatic heterocycles. The van der Waals surface area contributed by atoms with E-state index in [9.17, 15) is 9.59 Å². The minimum Gasteiger partial charge on any atom is -0.490 e. The largest absolute Gasteiger partial charge is 0.490 e. The van der Waals surface area contributed by atoms with Crippen LogP contribution in [0.1, 0.15) is 16.1 Å². The van der Waals surface area contributed by atoms with Crippen molar-refractivity contribution >= 4 is 62.2 Å². The molecule has 0 spiro atoms. The first-order valence-corrected chi connectivity index (χ1v) is 10.3. The van der Waals surface area contributed by atoms with Gasteiger partial charge in [-0.25, -0.2) is 4.79 Å². The number of benzene rings is 2. The number of anilines is 1. The molecule has 6 nitrogen and oxygen atoms in total. The topological polar surface area (TPSA) is 73.9 Å². The molecule has 29 heavy (non-hydrogen) atoms. The number of halogens is 2. The van der Waals surface area contributed by atoms with Gasteiger partial charge in [0.15, 0.2) is 18.1 Å². The van der Waals surface area contributed by atoms with Gasteiger partial charge in [0.25, 0.3) is 5.91 Å². The van der Waals surface area contributed by atoms with Gasteiger partial charge in [0.1, 0.15) is 4.88 Å². The summed E-state index contributed by atoms with van der Waals surface area (Å²) < 4.78 is 17.0. The van der Waals surface area contributed by atoms with Crippen LogP contribution in [0.3, 0.4) is 0 Å². The lowest BCUT2D eigenvalue weighted by Gasteiger charge is -2.10. The molecule has 2 aromatic carbocycles. The molecule has 1 aliphatic rings. The van der Waals surface area contributed by atoms with Gasteiger partial charge >= 0.3 is 5.97 Å². The standard InChI is InChI=1S/C20H15Cl2NO5S/c21-11-2-4-13-16(8-11)29-19(18(13)22)20(25)28-10-17(24)23-12-3-5-14-15(9-12)27-7-1-6-26-14/h2-5,8-9H,1,6-7,10H2,(H,23,24). The number of hydrogen-bond donors (Lipinski definition) is 1. The number of nitrogens with one attached hydrogen (secondary N) is 1. The number of thiophene rings is 1. The summed E-state index contributed by atoms with van der Waals surface area (Å²) in [5.74, 6) is 0.0497. The maximum absolute atomic E-state index is 12.4. The van der Waals surface area contributed by atoms with Gasteiger partial charge in [-0.2, -0.15) is 0 Å². The van der Waals surface area contributed by atoms with Crippen LogP contribution < -0.4 is 14.8 Å². The zero-order chi connectivity index (χ0) is 20.4. The zero-order valence-corrected chi connectivity index (χ0v) is 17.3. The number of ether oxygens (including phenoxy) is 3. The Morgan fingerprint density at radius 2 is 1.86 bits per heavy atom. The summed E-state index contributed by atoms with van der Waals surface area (Å²) in [6, 6.07) is 10.3.